The first-order valence-electron chi connectivity index (χ1n) is 5.86. The average molecular weight is 241 g/mol. The fourth-order valence-corrected chi connectivity index (χ4v) is 1.76. The van der Waals surface area contributed by atoms with Crippen molar-refractivity contribution < 1.29 is 0 Å². The van der Waals surface area contributed by atoms with E-state index >= 15 is 0 Å². The molecule has 0 atom stereocenters. The van der Waals surface area contributed by atoms with Crippen molar-refractivity contribution in [3.8, 4) is 6.07 Å². The van der Waals surface area contributed by atoms with Gasteiger partial charge in [-0.1, -0.05) is 6.07 Å². The van der Waals surface area contributed by atoms with Gasteiger partial charge in [-0.25, -0.2) is 0 Å². The third kappa shape index (κ3) is 2.48. The molecule has 0 bridgehead atoms. The minimum absolute atomic E-state index is 0.561. The Labute approximate surface area is 106 Å². The zero-order chi connectivity index (χ0) is 13.0. The summed E-state index contributed by atoms with van der Waals surface area (Å²) < 4.78 is 1.97. The van der Waals surface area contributed by atoms with Crippen molar-refractivity contribution in [1.29, 1.82) is 5.26 Å². The average Bonchev–Trinajstić information content (AvgIpc) is 2.84. The van der Waals surface area contributed by atoms with Gasteiger partial charge >= 0.3 is 0 Å². The molecule has 1 heterocycles. The van der Waals surface area contributed by atoms with Crippen LogP contribution in [0, 0.1) is 18.3 Å². The highest BCUT2D eigenvalue weighted by Crippen LogP contribution is 2.17. The van der Waals surface area contributed by atoms with Crippen molar-refractivity contribution in [2.45, 2.75) is 26.9 Å². The maximum absolute atomic E-state index is 9.04. The van der Waals surface area contributed by atoms with E-state index in [-0.39, 0.29) is 0 Å². The van der Waals surface area contributed by atoms with Crippen LogP contribution in [0.3, 0.4) is 0 Å². The maximum atomic E-state index is 9.04. The summed E-state index contributed by atoms with van der Waals surface area (Å²) in [5, 5.41) is 20.2. The third-order valence-electron chi connectivity index (χ3n) is 2.77. The predicted octanol–water partition coefficient (Wildman–Crippen LogP) is 2.09. The number of anilines is 1. The van der Waals surface area contributed by atoms with Gasteiger partial charge in [0.1, 0.15) is 12.4 Å². The zero-order valence-corrected chi connectivity index (χ0v) is 10.5. The molecule has 1 aromatic heterocycles. The van der Waals surface area contributed by atoms with Crippen molar-refractivity contribution in [3.63, 3.8) is 0 Å². The molecular formula is C13H15N5. The van der Waals surface area contributed by atoms with Crippen LogP contribution in [-0.4, -0.2) is 14.8 Å². The van der Waals surface area contributed by atoms with Gasteiger partial charge in [-0.3, -0.25) is 0 Å². The molecule has 0 radical (unpaired) electrons. The smallest absolute Gasteiger partial charge is 0.152 e. The summed E-state index contributed by atoms with van der Waals surface area (Å²) in [4.78, 5) is 0. The van der Waals surface area contributed by atoms with Crippen LogP contribution in [0.4, 0.5) is 5.69 Å². The number of aromatic nitrogens is 3. The molecule has 2 aromatic rings. The summed E-state index contributed by atoms with van der Waals surface area (Å²) in [6.07, 6.45) is 1.71. The Balaban J connectivity index is 2.15. The molecule has 0 amide bonds. The number of benzene rings is 1. The summed E-state index contributed by atoms with van der Waals surface area (Å²) >= 11 is 0. The fourth-order valence-electron chi connectivity index (χ4n) is 1.76. The fraction of sp³-hybridized carbons (Fsp3) is 0.308. The molecule has 2 rings (SSSR count). The first-order valence-corrected chi connectivity index (χ1v) is 5.86. The standard InChI is InChI=1S/C13H15N5/c1-3-18-9-16-17-13(18)8-15-12-6-10(2)4-5-11(12)7-14/h4-6,9,15H,3,8H2,1-2H3. The molecule has 0 aliphatic rings. The Hall–Kier alpha value is -2.35. The molecule has 0 spiro atoms. The van der Waals surface area contributed by atoms with Crippen LogP contribution in [0.25, 0.3) is 0 Å². The van der Waals surface area contributed by atoms with Gasteiger partial charge in [-0.15, -0.1) is 10.2 Å². The van der Waals surface area contributed by atoms with Gasteiger partial charge in [0.15, 0.2) is 5.82 Å². The van der Waals surface area contributed by atoms with Crippen molar-refractivity contribution in [1.82, 2.24) is 14.8 Å². The largest absolute Gasteiger partial charge is 0.377 e. The molecule has 5 nitrogen and oxygen atoms in total. The van der Waals surface area contributed by atoms with Gasteiger partial charge in [0, 0.05) is 6.54 Å². The van der Waals surface area contributed by atoms with Crippen LogP contribution < -0.4 is 5.32 Å². The molecule has 0 aliphatic heterocycles. The molecule has 1 aromatic carbocycles. The highest BCUT2D eigenvalue weighted by atomic mass is 15.3. The summed E-state index contributed by atoms with van der Waals surface area (Å²) in [6.45, 7) is 5.44. The molecule has 1 N–H and O–H groups in total. The van der Waals surface area contributed by atoms with Gasteiger partial charge in [0.2, 0.25) is 0 Å². The van der Waals surface area contributed by atoms with E-state index in [4.69, 9.17) is 5.26 Å². The molecule has 18 heavy (non-hydrogen) atoms. The number of nitriles is 1. The van der Waals surface area contributed by atoms with Gasteiger partial charge in [-0.05, 0) is 31.5 Å². The molecule has 0 saturated heterocycles. The molecule has 92 valence electrons. The zero-order valence-electron chi connectivity index (χ0n) is 10.5. The molecule has 0 aliphatic carbocycles. The number of nitrogens with one attached hydrogen (secondary N) is 1. The SMILES string of the molecule is CCn1cnnc1CNc1cc(C)ccc1C#N. The highest BCUT2D eigenvalue weighted by molar-refractivity contribution is 5.58. The van der Waals surface area contributed by atoms with Gasteiger partial charge < -0.3 is 9.88 Å². The Morgan fingerprint density at radius 3 is 3.00 bits per heavy atom. The number of hydrogen-bond donors (Lipinski definition) is 1. The van der Waals surface area contributed by atoms with E-state index in [1.165, 1.54) is 0 Å². The first kappa shape index (κ1) is 12.1. The van der Waals surface area contributed by atoms with E-state index in [0.717, 1.165) is 23.6 Å². The quantitative estimate of drug-likeness (QED) is 0.890. The van der Waals surface area contributed by atoms with Gasteiger partial charge in [0.25, 0.3) is 0 Å². The lowest BCUT2D eigenvalue weighted by Crippen LogP contribution is -2.08. The van der Waals surface area contributed by atoms with Crippen LogP contribution in [0.2, 0.25) is 0 Å². The topological polar surface area (TPSA) is 66.5 Å². The second-order valence-electron chi connectivity index (χ2n) is 4.05. The monoisotopic (exact) mass is 241 g/mol. The number of hydrogen-bond acceptors (Lipinski definition) is 4. The Morgan fingerprint density at radius 2 is 2.28 bits per heavy atom. The second-order valence-corrected chi connectivity index (χ2v) is 4.05. The summed E-state index contributed by atoms with van der Waals surface area (Å²) in [5.41, 5.74) is 2.60. The van der Waals surface area contributed by atoms with Crippen molar-refractivity contribution in [2.75, 3.05) is 5.32 Å². The lowest BCUT2D eigenvalue weighted by Gasteiger charge is -2.09. The molecular weight excluding hydrogens is 226 g/mol. The molecule has 0 unspecified atom stereocenters. The predicted molar refractivity (Wildman–Crippen MR) is 68.9 cm³/mol. The lowest BCUT2D eigenvalue weighted by molar-refractivity contribution is 0.708. The Bertz CT molecular complexity index is 579. The van der Waals surface area contributed by atoms with E-state index < -0.39 is 0 Å². The summed E-state index contributed by atoms with van der Waals surface area (Å²) in [5.74, 6) is 0.864. The third-order valence-corrected chi connectivity index (χ3v) is 2.77. The normalized spacial score (nSPS) is 10.1. The molecule has 0 saturated carbocycles. The van der Waals surface area contributed by atoms with E-state index in [1.54, 1.807) is 6.33 Å². The first-order chi connectivity index (χ1) is 8.74. The second kappa shape index (κ2) is 5.32. The number of nitrogens with zero attached hydrogens (tertiary/aromatic N) is 4. The van der Waals surface area contributed by atoms with E-state index in [1.807, 2.05) is 36.6 Å². The minimum atomic E-state index is 0.561. The molecule has 5 heteroatoms. The van der Waals surface area contributed by atoms with Crippen LogP contribution in [0.1, 0.15) is 23.9 Å². The number of rotatable bonds is 4. The van der Waals surface area contributed by atoms with Crippen molar-refractivity contribution in [2.24, 2.45) is 0 Å². The Morgan fingerprint density at radius 1 is 1.44 bits per heavy atom. The summed E-state index contributed by atoms with van der Waals surface area (Å²) in [6, 6.07) is 7.89. The van der Waals surface area contributed by atoms with Gasteiger partial charge in [-0.2, -0.15) is 5.26 Å². The van der Waals surface area contributed by atoms with Crippen LogP contribution in [-0.2, 0) is 13.1 Å². The number of aryl methyl sites for hydroxylation is 2. The van der Waals surface area contributed by atoms with Crippen LogP contribution >= 0.6 is 0 Å². The van der Waals surface area contributed by atoms with E-state index in [2.05, 4.69) is 21.6 Å². The van der Waals surface area contributed by atoms with Crippen LogP contribution in [0.15, 0.2) is 24.5 Å². The van der Waals surface area contributed by atoms with E-state index in [0.29, 0.717) is 12.1 Å². The van der Waals surface area contributed by atoms with E-state index in [9.17, 15) is 0 Å². The highest BCUT2D eigenvalue weighted by Gasteiger charge is 2.05. The summed E-state index contributed by atoms with van der Waals surface area (Å²) in [7, 11) is 0. The lowest BCUT2D eigenvalue weighted by atomic mass is 10.1. The Kier molecular flexibility index (Phi) is 3.58. The van der Waals surface area contributed by atoms with Crippen molar-refractivity contribution in [3.05, 3.63) is 41.5 Å². The minimum Gasteiger partial charge on any atom is -0.377 e. The van der Waals surface area contributed by atoms with Crippen molar-refractivity contribution >= 4 is 5.69 Å². The molecule has 0 fully saturated rings. The van der Waals surface area contributed by atoms with Crippen LogP contribution in [0.5, 0.6) is 0 Å². The van der Waals surface area contributed by atoms with Gasteiger partial charge in [0.05, 0.1) is 17.8 Å². The maximum Gasteiger partial charge on any atom is 0.152 e.